The summed E-state index contributed by atoms with van der Waals surface area (Å²) in [7, 11) is 1.98. The number of benzene rings is 1. The molecular weight excluding hydrogens is 234 g/mol. The summed E-state index contributed by atoms with van der Waals surface area (Å²) in [6.45, 7) is 6.51. The molecule has 2 rings (SSSR count). The van der Waals surface area contributed by atoms with Crippen LogP contribution in [-0.4, -0.2) is 7.05 Å². The fourth-order valence-corrected chi connectivity index (χ4v) is 2.63. The summed E-state index contributed by atoms with van der Waals surface area (Å²) < 4.78 is 5.64. The molecule has 19 heavy (non-hydrogen) atoms. The van der Waals surface area contributed by atoms with E-state index in [1.807, 2.05) is 13.1 Å². The van der Waals surface area contributed by atoms with Gasteiger partial charge in [0.15, 0.2) is 0 Å². The highest BCUT2D eigenvalue weighted by molar-refractivity contribution is 5.37. The standard InChI is InChI=1S/C17H23NO/c1-5-13-7-8-15(11-14(13)6-2)16(18-4)17-12(3)9-10-19-17/h7-11,16,18H,5-6H2,1-4H3. The van der Waals surface area contributed by atoms with E-state index >= 15 is 0 Å². The number of aryl methyl sites for hydroxylation is 3. The Morgan fingerprint density at radius 3 is 2.37 bits per heavy atom. The summed E-state index contributed by atoms with van der Waals surface area (Å²) in [6, 6.07) is 8.91. The van der Waals surface area contributed by atoms with E-state index in [1.54, 1.807) is 6.26 Å². The number of nitrogens with one attached hydrogen (secondary N) is 1. The third-order valence-corrected chi connectivity index (χ3v) is 3.78. The van der Waals surface area contributed by atoms with Crippen LogP contribution in [0.3, 0.4) is 0 Å². The summed E-state index contributed by atoms with van der Waals surface area (Å²) in [4.78, 5) is 0. The van der Waals surface area contributed by atoms with Crippen LogP contribution in [0.25, 0.3) is 0 Å². The van der Waals surface area contributed by atoms with E-state index < -0.39 is 0 Å². The molecular formula is C17H23NO. The summed E-state index contributed by atoms with van der Waals surface area (Å²) in [5.41, 5.74) is 5.34. The summed E-state index contributed by atoms with van der Waals surface area (Å²) >= 11 is 0. The van der Waals surface area contributed by atoms with Crippen LogP contribution < -0.4 is 5.32 Å². The minimum atomic E-state index is 0.131. The molecule has 0 saturated heterocycles. The summed E-state index contributed by atoms with van der Waals surface area (Å²) in [5, 5.41) is 3.36. The molecule has 1 heterocycles. The number of hydrogen-bond acceptors (Lipinski definition) is 2. The van der Waals surface area contributed by atoms with Crippen molar-refractivity contribution in [1.29, 1.82) is 0 Å². The van der Waals surface area contributed by atoms with Crippen molar-refractivity contribution in [3.05, 3.63) is 58.5 Å². The lowest BCUT2D eigenvalue weighted by molar-refractivity contribution is 0.460. The molecule has 0 fully saturated rings. The van der Waals surface area contributed by atoms with Crippen LogP contribution in [0.1, 0.15) is 47.9 Å². The Balaban J connectivity index is 2.42. The molecule has 102 valence electrons. The zero-order chi connectivity index (χ0) is 13.8. The van der Waals surface area contributed by atoms with Gasteiger partial charge in [0.05, 0.1) is 12.3 Å². The van der Waals surface area contributed by atoms with E-state index in [4.69, 9.17) is 4.42 Å². The maximum absolute atomic E-state index is 5.64. The molecule has 1 aromatic carbocycles. The van der Waals surface area contributed by atoms with Gasteiger partial charge in [-0.3, -0.25) is 0 Å². The molecule has 0 spiro atoms. The molecule has 0 radical (unpaired) electrons. The molecule has 0 aliphatic heterocycles. The third kappa shape index (κ3) is 2.74. The highest BCUT2D eigenvalue weighted by Gasteiger charge is 2.18. The van der Waals surface area contributed by atoms with Crippen molar-refractivity contribution in [3.8, 4) is 0 Å². The van der Waals surface area contributed by atoms with E-state index in [0.29, 0.717) is 0 Å². The van der Waals surface area contributed by atoms with Crippen molar-refractivity contribution >= 4 is 0 Å². The van der Waals surface area contributed by atoms with Gasteiger partial charge >= 0.3 is 0 Å². The van der Waals surface area contributed by atoms with E-state index in [1.165, 1.54) is 22.3 Å². The molecule has 1 aromatic heterocycles. The quantitative estimate of drug-likeness (QED) is 0.875. The summed E-state index contributed by atoms with van der Waals surface area (Å²) in [6.07, 6.45) is 3.92. The van der Waals surface area contributed by atoms with E-state index in [0.717, 1.165) is 18.6 Å². The van der Waals surface area contributed by atoms with Crippen LogP contribution >= 0.6 is 0 Å². The van der Waals surface area contributed by atoms with Gasteiger partial charge in [0.2, 0.25) is 0 Å². The maximum atomic E-state index is 5.64. The highest BCUT2D eigenvalue weighted by Crippen LogP contribution is 2.27. The fraction of sp³-hybridized carbons (Fsp3) is 0.412. The molecule has 1 N–H and O–H groups in total. The summed E-state index contributed by atoms with van der Waals surface area (Å²) in [5.74, 6) is 1.01. The van der Waals surface area contributed by atoms with Gasteiger partial charge in [0, 0.05) is 0 Å². The van der Waals surface area contributed by atoms with Gasteiger partial charge in [0.25, 0.3) is 0 Å². The van der Waals surface area contributed by atoms with Crippen LogP contribution in [0.15, 0.2) is 34.9 Å². The molecule has 0 bridgehead atoms. The van der Waals surface area contributed by atoms with Gasteiger partial charge in [-0.2, -0.15) is 0 Å². The average Bonchev–Trinajstić information content (AvgIpc) is 2.86. The second kappa shape index (κ2) is 6.07. The zero-order valence-electron chi connectivity index (χ0n) is 12.3. The van der Waals surface area contributed by atoms with Gasteiger partial charge in [-0.1, -0.05) is 32.0 Å². The van der Waals surface area contributed by atoms with Crippen molar-refractivity contribution in [2.45, 2.75) is 39.7 Å². The molecule has 1 atom stereocenters. The Kier molecular flexibility index (Phi) is 4.43. The van der Waals surface area contributed by atoms with Gasteiger partial charge in [-0.25, -0.2) is 0 Å². The lowest BCUT2D eigenvalue weighted by atomic mass is 9.95. The van der Waals surface area contributed by atoms with Gasteiger partial charge in [0.1, 0.15) is 5.76 Å². The van der Waals surface area contributed by atoms with Gasteiger partial charge < -0.3 is 9.73 Å². The second-order valence-electron chi connectivity index (χ2n) is 4.92. The molecule has 0 saturated carbocycles. The lowest BCUT2D eigenvalue weighted by Gasteiger charge is -2.17. The minimum absolute atomic E-state index is 0.131. The van der Waals surface area contributed by atoms with Crippen molar-refractivity contribution in [1.82, 2.24) is 5.32 Å². The Bertz CT molecular complexity index is 542. The van der Waals surface area contributed by atoms with Crippen molar-refractivity contribution in [2.24, 2.45) is 0 Å². The predicted octanol–water partition coefficient (Wildman–Crippen LogP) is 4.02. The smallest absolute Gasteiger partial charge is 0.128 e. The maximum Gasteiger partial charge on any atom is 0.128 e. The monoisotopic (exact) mass is 257 g/mol. The lowest BCUT2D eigenvalue weighted by Crippen LogP contribution is -2.18. The largest absolute Gasteiger partial charge is 0.467 e. The topological polar surface area (TPSA) is 25.2 Å². The Hall–Kier alpha value is -1.54. The van der Waals surface area contributed by atoms with Gasteiger partial charge in [-0.05, 0) is 55.1 Å². The van der Waals surface area contributed by atoms with E-state index in [2.05, 4.69) is 44.3 Å². The molecule has 2 aromatic rings. The van der Waals surface area contributed by atoms with Crippen LogP contribution in [-0.2, 0) is 12.8 Å². The first-order valence-corrected chi connectivity index (χ1v) is 7.04. The van der Waals surface area contributed by atoms with Crippen LogP contribution in [0.4, 0.5) is 0 Å². The van der Waals surface area contributed by atoms with Crippen LogP contribution in [0.5, 0.6) is 0 Å². The van der Waals surface area contributed by atoms with Crippen molar-refractivity contribution in [3.63, 3.8) is 0 Å². The van der Waals surface area contributed by atoms with Gasteiger partial charge in [-0.15, -0.1) is 0 Å². The molecule has 2 nitrogen and oxygen atoms in total. The van der Waals surface area contributed by atoms with Crippen molar-refractivity contribution < 1.29 is 4.42 Å². The number of rotatable bonds is 5. The number of hydrogen-bond donors (Lipinski definition) is 1. The minimum Gasteiger partial charge on any atom is -0.467 e. The molecule has 0 aliphatic carbocycles. The third-order valence-electron chi connectivity index (χ3n) is 3.78. The average molecular weight is 257 g/mol. The molecule has 2 heteroatoms. The first-order chi connectivity index (χ1) is 9.21. The number of furan rings is 1. The highest BCUT2D eigenvalue weighted by atomic mass is 16.3. The zero-order valence-corrected chi connectivity index (χ0v) is 12.3. The second-order valence-corrected chi connectivity index (χ2v) is 4.92. The molecule has 0 aliphatic rings. The fourth-order valence-electron chi connectivity index (χ4n) is 2.63. The van der Waals surface area contributed by atoms with Crippen molar-refractivity contribution in [2.75, 3.05) is 7.05 Å². The Labute approximate surface area is 115 Å². The SMILES string of the molecule is CCc1ccc(C(NC)c2occc2C)cc1CC. The molecule has 0 amide bonds. The van der Waals surface area contributed by atoms with Crippen LogP contribution in [0, 0.1) is 6.92 Å². The normalized spacial score (nSPS) is 12.6. The first kappa shape index (κ1) is 13.9. The predicted molar refractivity (Wildman–Crippen MR) is 79.5 cm³/mol. The van der Waals surface area contributed by atoms with Crippen LogP contribution in [0.2, 0.25) is 0 Å². The molecule has 1 unspecified atom stereocenters. The Morgan fingerprint density at radius 1 is 1.11 bits per heavy atom. The van der Waals surface area contributed by atoms with E-state index in [-0.39, 0.29) is 6.04 Å². The Morgan fingerprint density at radius 2 is 1.84 bits per heavy atom. The van der Waals surface area contributed by atoms with E-state index in [9.17, 15) is 0 Å². The first-order valence-electron chi connectivity index (χ1n) is 7.04.